The molecule has 0 N–H and O–H groups in total. The Morgan fingerprint density at radius 1 is 1.00 bits per heavy atom. The van der Waals surface area contributed by atoms with Crippen LogP contribution in [-0.2, 0) is 6.42 Å². The first-order valence-electron chi connectivity index (χ1n) is 6.24. The summed E-state index contributed by atoms with van der Waals surface area (Å²) in [4.78, 5) is 8.33. The third-order valence-electron chi connectivity index (χ3n) is 2.60. The van der Waals surface area contributed by atoms with E-state index in [1.54, 1.807) is 0 Å². The van der Waals surface area contributed by atoms with Gasteiger partial charge < -0.3 is 9.80 Å². The fourth-order valence-electron chi connectivity index (χ4n) is 1.90. The van der Waals surface area contributed by atoms with E-state index in [4.69, 9.17) is 0 Å². The molecule has 114 valence electrons. The molecule has 0 saturated heterocycles. The van der Waals surface area contributed by atoms with Gasteiger partial charge in [-0.15, -0.1) is 24.0 Å². The zero-order chi connectivity index (χ0) is 14.4. The van der Waals surface area contributed by atoms with Gasteiger partial charge in [0, 0.05) is 40.8 Å². The van der Waals surface area contributed by atoms with Gasteiger partial charge in [0.05, 0.1) is 0 Å². The number of hydrogen-bond acceptors (Lipinski definition) is 1. The molecule has 0 unspecified atom stereocenters. The van der Waals surface area contributed by atoms with Crippen LogP contribution in [0.25, 0.3) is 0 Å². The largest absolute Gasteiger partial charge is 0.349 e. The molecular formula is C14H22F2IN3. The molecular weight excluding hydrogens is 375 g/mol. The Morgan fingerprint density at radius 3 is 1.95 bits per heavy atom. The van der Waals surface area contributed by atoms with E-state index in [9.17, 15) is 8.78 Å². The predicted molar refractivity (Wildman–Crippen MR) is 89.8 cm³/mol. The molecule has 0 aliphatic carbocycles. The summed E-state index contributed by atoms with van der Waals surface area (Å²) < 4.78 is 26.0. The van der Waals surface area contributed by atoms with Crippen molar-refractivity contribution in [3.63, 3.8) is 0 Å². The summed E-state index contributed by atoms with van der Waals surface area (Å²) in [6.07, 6.45) is 1.38. The summed E-state index contributed by atoms with van der Waals surface area (Å²) in [7, 11) is 7.73. The van der Waals surface area contributed by atoms with Crippen molar-refractivity contribution in [3.8, 4) is 0 Å². The average Bonchev–Trinajstić information content (AvgIpc) is 2.26. The molecule has 20 heavy (non-hydrogen) atoms. The van der Waals surface area contributed by atoms with Crippen LogP contribution in [0, 0.1) is 11.6 Å². The molecule has 0 aliphatic rings. The molecule has 1 aromatic carbocycles. The molecule has 0 aliphatic heterocycles. The second kappa shape index (κ2) is 9.10. The summed E-state index contributed by atoms with van der Waals surface area (Å²) in [6.45, 7) is 0.629. The van der Waals surface area contributed by atoms with Crippen LogP contribution in [0.2, 0.25) is 0 Å². The van der Waals surface area contributed by atoms with Gasteiger partial charge in [0.25, 0.3) is 0 Å². The van der Waals surface area contributed by atoms with Crippen molar-refractivity contribution in [1.82, 2.24) is 9.80 Å². The maximum Gasteiger partial charge on any atom is 0.195 e. The van der Waals surface area contributed by atoms with E-state index in [0.29, 0.717) is 18.5 Å². The monoisotopic (exact) mass is 397 g/mol. The van der Waals surface area contributed by atoms with E-state index in [0.717, 1.165) is 18.4 Å². The molecule has 0 heterocycles. The molecule has 0 amide bonds. The molecule has 0 fully saturated rings. The Hall–Kier alpha value is -0.920. The van der Waals surface area contributed by atoms with Gasteiger partial charge in [-0.1, -0.05) is 0 Å². The zero-order valence-electron chi connectivity index (χ0n) is 12.4. The Morgan fingerprint density at radius 2 is 1.50 bits per heavy atom. The smallest absolute Gasteiger partial charge is 0.195 e. The molecule has 3 nitrogen and oxygen atoms in total. The molecule has 0 radical (unpaired) electrons. The Kier molecular flexibility index (Phi) is 8.68. The highest BCUT2D eigenvalue weighted by molar-refractivity contribution is 14.0. The summed E-state index contributed by atoms with van der Waals surface area (Å²) in [5, 5.41) is 0. The van der Waals surface area contributed by atoms with Gasteiger partial charge in [-0.25, -0.2) is 8.78 Å². The minimum Gasteiger partial charge on any atom is -0.349 e. The van der Waals surface area contributed by atoms with Gasteiger partial charge >= 0.3 is 0 Å². The Bertz CT molecular complexity index is 418. The lowest BCUT2D eigenvalue weighted by atomic mass is 10.1. The van der Waals surface area contributed by atoms with Crippen LogP contribution in [0.3, 0.4) is 0 Å². The topological polar surface area (TPSA) is 18.8 Å². The summed E-state index contributed by atoms with van der Waals surface area (Å²) in [5.41, 5.74) is 0.670. The van der Waals surface area contributed by atoms with Gasteiger partial charge in [-0.05, 0) is 30.5 Å². The lowest BCUT2D eigenvalue weighted by molar-refractivity contribution is 0.479. The van der Waals surface area contributed by atoms with Crippen LogP contribution in [0.4, 0.5) is 8.78 Å². The second-order valence-electron chi connectivity index (χ2n) is 4.85. The van der Waals surface area contributed by atoms with E-state index >= 15 is 0 Å². The van der Waals surface area contributed by atoms with Crippen molar-refractivity contribution in [2.75, 3.05) is 34.7 Å². The maximum absolute atomic E-state index is 13.0. The normalized spacial score (nSPS) is 9.70. The van der Waals surface area contributed by atoms with E-state index in [2.05, 4.69) is 4.99 Å². The van der Waals surface area contributed by atoms with E-state index in [1.165, 1.54) is 12.1 Å². The zero-order valence-corrected chi connectivity index (χ0v) is 14.7. The quantitative estimate of drug-likeness (QED) is 0.337. The van der Waals surface area contributed by atoms with Crippen LogP contribution in [0.15, 0.2) is 23.2 Å². The Labute approximate surface area is 136 Å². The number of guanidine groups is 1. The maximum atomic E-state index is 13.0. The second-order valence-corrected chi connectivity index (χ2v) is 4.85. The molecule has 0 aromatic heterocycles. The molecule has 6 heteroatoms. The first-order chi connectivity index (χ1) is 8.90. The van der Waals surface area contributed by atoms with Crippen LogP contribution >= 0.6 is 24.0 Å². The van der Waals surface area contributed by atoms with Crippen molar-refractivity contribution >= 4 is 29.9 Å². The van der Waals surface area contributed by atoms with Crippen LogP contribution in [0.5, 0.6) is 0 Å². The van der Waals surface area contributed by atoms with Gasteiger partial charge in [0.1, 0.15) is 11.6 Å². The molecule has 0 saturated carbocycles. The number of aryl methyl sites for hydroxylation is 1. The van der Waals surface area contributed by atoms with E-state index in [-0.39, 0.29) is 24.0 Å². The number of rotatable bonds is 4. The molecule has 1 rings (SSSR count). The van der Waals surface area contributed by atoms with Crippen molar-refractivity contribution < 1.29 is 8.78 Å². The van der Waals surface area contributed by atoms with Crippen molar-refractivity contribution in [3.05, 3.63) is 35.4 Å². The lowest BCUT2D eigenvalue weighted by Crippen LogP contribution is -2.35. The summed E-state index contributed by atoms with van der Waals surface area (Å²) >= 11 is 0. The standard InChI is InChI=1S/C14H21F2N3.HI/c1-18(2)14(19(3)4)17-7-5-6-11-8-12(15)10-13(16)9-11;/h8-10H,5-7H2,1-4H3;1H. The highest BCUT2D eigenvalue weighted by atomic mass is 127. The van der Waals surface area contributed by atoms with Gasteiger partial charge in [-0.3, -0.25) is 4.99 Å². The fourth-order valence-corrected chi connectivity index (χ4v) is 1.90. The average molecular weight is 397 g/mol. The van der Waals surface area contributed by atoms with Crippen LogP contribution in [0.1, 0.15) is 12.0 Å². The first kappa shape index (κ1) is 19.1. The highest BCUT2D eigenvalue weighted by Gasteiger charge is 2.04. The van der Waals surface area contributed by atoms with E-state index < -0.39 is 11.6 Å². The first-order valence-corrected chi connectivity index (χ1v) is 6.24. The number of benzene rings is 1. The summed E-state index contributed by atoms with van der Waals surface area (Å²) in [5.74, 6) is -0.174. The van der Waals surface area contributed by atoms with E-state index in [1.807, 2.05) is 38.0 Å². The fraction of sp³-hybridized carbons (Fsp3) is 0.500. The minimum absolute atomic E-state index is 0. The molecule has 0 spiro atoms. The summed E-state index contributed by atoms with van der Waals surface area (Å²) in [6, 6.07) is 3.62. The third-order valence-corrected chi connectivity index (χ3v) is 2.60. The SMILES string of the molecule is CN(C)C(=NCCCc1cc(F)cc(F)c1)N(C)C.I. The number of nitrogens with zero attached hydrogens (tertiary/aromatic N) is 3. The molecule has 0 atom stereocenters. The number of hydrogen-bond donors (Lipinski definition) is 0. The molecule has 1 aromatic rings. The van der Waals surface area contributed by atoms with Gasteiger partial charge in [-0.2, -0.15) is 0 Å². The van der Waals surface area contributed by atoms with Crippen molar-refractivity contribution in [1.29, 1.82) is 0 Å². The van der Waals surface area contributed by atoms with Gasteiger partial charge in [0.15, 0.2) is 5.96 Å². The highest BCUT2D eigenvalue weighted by Crippen LogP contribution is 2.10. The third kappa shape index (κ3) is 6.49. The Balaban J connectivity index is 0.00000361. The molecule has 0 bridgehead atoms. The van der Waals surface area contributed by atoms with Crippen LogP contribution < -0.4 is 0 Å². The van der Waals surface area contributed by atoms with Crippen LogP contribution in [-0.4, -0.2) is 50.5 Å². The number of aliphatic imine (C=N–C) groups is 1. The predicted octanol–water partition coefficient (Wildman–Crippen LogP) is 2.99. The van der Waals surface area contributed by atoms with Gasteiger partial charge in [0.2, 0.25) is 0 Å². The number of halogens is 3. The minimum atomic E-state index is -0.527. The van der Waals surface area contributed by atoms with Crippen molar-refractivity contribution in [2.45, 2.75) is 12.8 Å². The lowest BCUT2D eigenvalue weighted by Gasteiger charge is -2.22. The van der Waals surface area contributed by atoms with Crippen molar-refractivity contribution in [2.24, 2.45) is 4.99 Å².